The average Bonchev–Trinajstić information content (AvgIpc) is 3.45. The van der Waals surface area contributed by atoms with E-state index in [1.807, 2.05) is 47.1 Å². The summed E-state index contributed by atoms with van der Waals surface area (Å²) in [5.74, 6) is 0.381. The predicted molar refractivity (Wildman–Crippen MR) is 113 cm³/mol. The molecule has 3 heterocycles. The molecule has 5 rings (SSSR count). The molecule has 0 unspecified atom stereocenters. The number of hydrogen-bond acceptors (Lipinski definition) is 5. The molecule has 3 aromatic heterocycles. The summed E-state index contributed by atoms with van der Waals surface area (Å²) in [7, 11) is 0. The van der Waals surface area contributed by atoms with Gasteiger partial charge in [-0.1, -0.05) is 48.3 Å². The molecule has 1 aliphatic carbocycles. The topological polar surface area (TPSA) is 76.6 Å². The van der Waals surface area contributed by atoms with Gasteiger partial charge in [0.25, 0.3) is 0 Å². The number of nitrogens with one attached hydrogen (secondary N) is 1. The van der Waals surface area contributed by atoms with E-state index in [-0.39, 0.29) is 5.91 Å². The lowest BCUT2D eigenvalue weighted by atomic mass is 10.1. The highest BCUT2D eigenvalue weighted by Crippen LogP contribution is 2.25. The number of hydrogen-bond donors (Lipinski definition) is 1. The molecule has 0 aliphatic heterocycles. The largest absolute Gasteiger partial charge is 0.353 e. The van der Waals surface area contributed by atoms with Gasteiger partial charge in [-0.15, -0.1) is 10.2 Å². The third-order valence-electron chi connectivity index (χ3n) is 5.18. The van der Waals surface area contributed by atoms with E-state index in [1.165, 1.54) is 24.6 Å². The van der Waals surface area contributed by atoms with Gasteiger partial charge in [0.2, 0.25) is 5.91 Å². The number of carbonyl (C=O) groups is 1. The SMILES string of the molecule is O=C(CSc1nnc2c3cc(-c4ccc(Cl)cc4)nn3ccn12)NC1CCCC1. The van der Waals surface area contributed by atoms with E-state index in [0.717, 1.165) is 29.6 Å². The number of benzene rings is 1. The molecule has 0 saturated heterocycles. The number of halogens is 1. The zero-order valence-electron chi connectivity index (χ0n) is 15.6. The molecule has 1 N–H and O–H groups in total. The van der Waals surface area contributed by atoms with Crippen molar-refractivity contribution in [2.45, 2.75) is 36.9 Å². The smallest absolute Gasteiger partial charge is 0.230 e. The Morgan fingerprint density at radius 1 is 1.17 bits per heavy atom. The molecule has 1 fully saturated rings. The summed E-state index contributed by atoms with van der Waals surface area (Å²) in [6.07, 6.45) is 8.31. The fourth-order valence-electron chi connectivity index (χ4n) is 3.72. The van der Waals surface area contributed by atoms with Gasteiger partial charge in [-0.25, -0.2) is 4.52 Å². The Morgan fingerprint density at radius 2 is 1.97 bits per heavy atom. The first kappa shape index (κ1) is 18.4. The molecule has 7 nitrogen and oxygen atoms in total. The molecule has 0 atom stereocenters. The summed E-state index contributed by atoms with van der Waals surface area (Å²) in [6, 6.07) is 9.88. The lowest BCUT2D eigenvalue weighted by Gasteiger charge is -2.10. The number of aromatic nitrogens is 5. The van der Waals surface area contributed by atoms with Crippen molar-refractivity contribution in [3.05, 3.63) is 47.7 Å². The summed E-state index contributed by atoms with van der Waals surface area (Å²) in [5, 5.41) is 17.7. The first-order chi connectivity index (χ1) is 14.2. The maximum atomic E-state index is 12.2. The molecule has 1 saturated carbocycles. The van der Waals surface area contributed by atoms with Crippen LogP contribution in [0.4, 0.5) is 0 Å². The second-order valence-electron chi connectivity index (χ2n) is 7.18. The van der Waals surface area contributed by atoms with Gasteiger partial charge in [0.1, 0.15) is 5.52 Å². The Kier molecular flexibility index (Phi) is 4.89. The summed E-state index contributed by atoms with van der Waals surface area (Å²) in [6.45, 7) is 0. The van der Waals surface area contributed by atoms with Crippen molar-refractivity contribution < 1.29 is 4.79 Å². The van der Waals surface area contributed by atoms with Crippen LogP contribution in [0.15, 0.2) is 47.9 Å². The molecule has 0 radical (unpaired) electrons. The zero-order valence-corrected chi connectivity index (χ0v) is 17.2. The molecule has 4 aromatic rings. The highest BCUT2D eigenvalue weighted by Gasteiger charge is 2.18. The number of nitrogens with zero attached hydrogens (tertiary/aromatic N) is 5. The molecule has 9 heteroatoms. The van der Waals surface area contributed by atoms with Crippen LogP contribution in [-0.4, -0.2) is 41.9 Å². The van der Waals surface area contributed by atoms with Crippen molar-refractivity contribution in [2.75, 3.05) is 5.75 Å². The molecule has 1 aromatic carbocycles. The van der Waals surface area contributed by atoms with E-state index in [1.54, 1.807) is 4.52 Å². The second kappa shape index (κ2) is 7.68. The molecule has 0 bridgehead atoms. The van der Waals surface area contributed by atoms with Gasteiger partial charge in [0, 0.05) is 29.0 Å². The first-order valence-electron chi connectivity index (χ1n) is 9.58. The fraction of sp³-hybridized carbons (Fsp3) is 0.300. The van der Waals surface area contributed by atoms with Crippen molar-refractivity contribution in [3.8, 4) is 11.3 Å². The highest BCUT2D eigenvalue weighted by atomic mass is 35.5. The lowest BCUT2D eigenvalue weighted by molar-refractivity contribution is -0.119. The van der Waals surface area contributed by atoms with Crippen LogP contribution >= 0.6 is 23.4 Å². The van der Waals surface area contributed by atoms with Gasteiger partial charge in [0.05, 0.1) is 11.4 Å². The van der Waals surface area contributed by atoms with E-state index in [4.69, 9.17) is 11.6 Å². The van der Waals surface area contributed by atoms with E-state index >= 15 is 0 Å². The second-order valence-corrected chi connectivity index (χ2v) is 8.56. The Hall–Kier alpha value is -2.58. The van der Waals surface area contributed by atoms with Gasteiger partial charge in [-0.3, -0.25) is 9.20 Å². The van der Waals surface area contributed by atoms with Crippen LogP contribution in [0.1, 0.15) is 25.7 Å². The lowest BCUT2D eigenvalue weighted by Crippen LogP contribution is -2.33. The van der Waals surface area contributed by atoms with Crippen LogP contribution in [-0.2, 0) is 4.79 Å². The average molecular weight is 427 g/mol. The number of thioether (sulfide) groups is 1. The Labute approximate surface area is 176 Å². The van der Waals surface area contributed by atoms with E-state index in [0.29, 0.717) is 27.6 Å². The van der Waals surface area contributed by atoms with Gasteiger partial charge < -0.3 is 5.32 Å². The molecular weight excluding hydrogens is 408 g/mol. The molecule has 29 heavy (non-hydrogen) atoms. The Bertz CT molecular complexity index is 1180. The maximum Gasteiger partial charge on any atom is 0.230 e. The number of amides is 1. The van der Waals surface area contributed by atoms with Crippen molar-refractivity contribution in [3.63, 3.8) is 0 Å². The molecule has 1 aliphatic rings. The van der Waals surface area contributed by atoms with Crippen LogP contribution < -0.4 is 5.32 Å². The molecule has 0 spiro atoms. The van der Waals surface area contributed by atoms with Crippen molar-refractivity contribution >= 4 is 40.4 Å². The van der Waals surface area contributed by atoms with Crippen LogP contribution in [0.3, 0.4) is 0 Å². The van der Waals surface area contributed by atoms with Crippen molar-refractivity contribution in [1.29, 1.82) is 0 Å². The van der Waals surface area contributed by atoms with Gasteiger partial charge in [0.15, 0.2) is 10.8 Å². The molecule has 148 valence electrons. The fourth-order valence-corrected chi connectivity index (χ4v) is 4.58. The monoisotopic (exact) mass is 426 g/mol. The van der Waals surface area contributed by atoms with Crippen LogP contribution in [0.5, 0.6) is 0 Å². The Morgan fingerprint density at radius 3 is 2.76 bits per heavy atom. The summed E-state index contributed by atoms with van der Waals surface area (Å²) in [4.78, 5) is 12.2. The van der Waals surface area contributed by atoms with Gasteiger partial charge >= 0.3 is 0 Å². The van der Waals surface area contributed by atoms with E-state index in [2.05, 4.69) is 20.6 Å². The minimum Gasteiger partial charge on any atom is -0.353 e. The first-order valence-corrected chi connectivity index (χ1v) is 10.9. The standard InChI is InChI=1S/C20H19ClN6OS/c21-14-7-5-13(6-8-14)16-11-17-19-23-24-20(26(19)9-10-27(17)25-16)29-12-18(28)22-15-3-1-2-4-15/h5-11,15H,1-4,12H2,(H,22,28). The summed E-state index contributed by atoms with van der Waals surface area (Å²) in [5.41, 5.74) is 3.38. The Balaban J connectivity index is 1.38. The third-order valence-corrected chi connectivity index (χ3v) is 6.37. The van der Waals surface area contributed by atoms with E-state index < -0.39 is 0 Å². The van der Waals surface area contributed by atoms with Gasteiger partial charge in [-0.2, -0.15) is 5.10 Å². The highest BCUT2D eigenvalue weighted by molar-refractivity contribution is 7.99. The van der Waals surface area contributed by atoms with Gasteiger partial charge in [-0.05, 0) is 31.0 Å². The van der Waals surface area contributed by atoms with Crippen molar-refractivity contribution in [2.24, 2.45) is 0 Å². The normalized spacial score (nSPS) is 14.8. The number of carbonyl (C=O) groups excluding carboxylic acids is 1. The predicted octanol–water partition coefficient (Wildman–Crippen LogP) is 3.85. The summed E-state index contributed by atoms with van der Waals surface area (Å²) >= 11 is 7.37. The van der Waals surface area contributed by atoms with Crippen LogP contribution in [0.25, 0.3) is 22.4 Å². The summed E-state index contributed by atoms with van der Waals surface area (Å²) < 4.78 is 3.69. The number of fused-ring (bicyclic) bond motifs is 3. The minimum atomic E-state index is 0.0501. The molecule has 1 amide bonds. The molecular formula is C20H19ClN6OS. The third kappa shape index (κ3) is 3.70. The quantitative estimate of drug-likeness (QED) is 0.490. The van der Waals surface area contributed by atoms with Crippen LogP contribution in [0.2, 0.25) is 5.02 Å². The number of rotatable bonds is 5. The van der Waals surface area contributed by atoms with Crippen molar-refractivity contribution in [1.82, 2.24) is 29.5 Å². The van der Waals surface area contributed by atoms with Crippen LogP contribution in [0, 0.1) is 0 Å². The maximum absolute atomic E-state index is 12.2. The zero-order chi connectivity index (χ0) is 19.8. The minimum absolute atomic E-state index is 0.0501. The van der Waals surface area contributed by atoms with E-state index in [9.17, 15) is 4.79 Å².